The van der Waals surface area contributed by atoms with Gasteiger partial charge in [0.25, 0.3) is 0 Å². The SMILES string of the molecule is NNC(CCOc1ccccc1)CC1Cc2ccccc21. The van der Waals surface area contributed by atoms with Crippen molar-refractivity contribution >= 4 is 0 Å². The van der Waals surface area contributed by atoms with E-state index in [9.17, 15) is 0 Å². The summed E-state index contributed by atoms with van der Waals surface area (Å²) in [6, 6.07) is 18.9. The van der Waals surface area contributed by atoms with Crippen molar-refractivity contribution in [1.29, 1.82) is 0 Å². The Morgan fingerprint density at radius 1 is 1.10 bits per heavy atom. The van der Waals surface area contributed by atoms with Crippen molar-refractivity contribution < 1.29 is 4.74 Å². The second-order valence-corrected chi connectivity index (χ2v) is 5.65. The van der Waals surface area contributed by atoms with Crippen LogP contribution in [0.4, 0.5) is 0 Å². The molecule has 1 aliphatic rings. The summed E-state index contributed by atoms with van der Waals surface area (Å²) < 4.78 is 5.75. The van der Waals surface area contributed by atoms with Crippen molar-refractivity contribution in [2.24, 2.45) is 5.84 Å². The van der Waals surface area contributed by atoms with Gasteiger partial charge in [0, 0.05) is 6.04 Å². The molecule has 1 aliphatic carbocycles. The van der Waals surface area contributed by atoms with Crippen molar-refractivity contribution in [2.45, 2.75) is 31.2 Å². The first-order chi connectivity index (χ1) is 10.4. The maximum absolute atomic E-state index is 5.75. The molecule has 3 N–H and O–H groups in total. The van der Waals surface area contributed by atoms with Gasteiger partial charge in [-0.25, -0.2) is 0 Å². The standard InChI is InChI=1S/C18H22N2O/c19-20-16(10-11-21-17-7-2-1-3-8-17)13-15-12-14-6-4-5-9-18(14)15/h1-9,15-16,20H,10-13,19H2. The van der Waals surface area contributed by atoms with Gasteiger partial charge in [-0.2, -0.15) is 0 Å². The smallest absolute Gasteiger partial charge is 0.119 e. The van der Waals surface area contributed by atoms with E-state index >= 15 is 0 Å². The van der Waals surface area contributed by atoms with E-state index in [2.05, 4.69) is 29.7 Å². The third kappa shape index (κ3) is 3.43. The lowest BCUT2D eigenvalue weighted by atomic mass is 9.74. The lowest BCUT2D eigenvalue weighted by molar-refractivity contribution is 0.274. The van der Waals surface area contributed by atoms with Crippen LogP contribution in [0.3, 0.4) is 0 Å². The molecule has 0 amide bonds. The number of fused-ring (bicyclic) bond motifs is 1. The molecule has 0 bridgehead atoms. The average Bonchev–Trinajstić information content (AvgIpc) is 2.52. The molecule has 110 valence electrons. The van der Waals surface area contributed by atoms with Crippen LogP contribution in [0.2, 0.25) is 0 Å². The highest BCUT2D eigenvalue weighted by molar-refractivity contribution is 5.39. The Kier molecular flexibility index (Phi) is 4.53. The number of para-hydroxylation sites is 1. The molecule has 0 radical (unpaired) electrons. The average molecular weight is 282 g/mol. The summed E-state index contributed by atoms with van der Waals surface area (Å²) in [7, 11) is 0. The zero-order valence-corrected chi connectivity index (χ0v) is 12.2. The van der Waals surface area contributed by atoms with Crippen LogP contribution in [0, 0.1) is 0 Å². The van der Waals surface area contributed by atoms with E-state index in [4.69, 9.17) is 10.6 Å². The highest BCUT2D eigenvalue weighted by atomic mass is 16.5. The van der Waals surface area contributed by atoms with Crippen LogP contribution in [0.1, 0.15) is 29.9 Å². The first-order valence-corrected chi connectivity index (χ1v) is 7.58. The number of ether oxygens (including phenoxy) is 1. The molecule has 0 heterocycles. The monoisotopic (exact) mass is 282 g/mol. The fourth-order valence-electron chi connectivity index (χ4n) is 3.02. The summed E-state index contributed by atoms with van der Waals surface area (Å²) in [6.07, 6.45) is 3.17. The number of nitrogens with one attached hydrogen (secondary N) is 1. The summed E-state index contributed by atoms with van der Waals surface area (Å²) in [5.74, 6) is 7.25. The zero-order chi connectivity index (χ0) is 14.5. The summed E-state index contributed by atoms with van der Waals surface area (Å²) in [5, 5.41) is 0. The molecule has 21 heavy (non-hydrogen) atoms. The highest BCUT2D eigenvalue weighted by Gasteiger charge is 2.27. The van der Waals surface area contributed by atoms with E-state index in [0.29, 0.717) is 18.6 Å². The van der Waals surface area contributed by atoms with Crippen LogP contribution >= 0.6 is 0 Å². The van der Waals surface area contributed by atoms with E-state index in [0.717, 1.165) is 18.6 Å². The molecular weight excluding hydrogens is 260 g/mol. The van der Waals surface area contributed by atoms with Crippen molar-refractivity contribution in [2.75, 3.05) is 6.61 Å². The molecule has 2 aromatic carbocycles. The molecule has 0 saturated heterocycles. The number of benzene rings is 2. The Bertz CT molecular complexity index is 570. The molecule has 0 saturated carbocycles. The maximum Gasteiger partial charge on any atom is 0.119 e. The van der Waals surface area contributed by atoms with Gasteiger partial charge >= 0.3 is 0 Å². The second-order valence-electron chi connectivity index (χ2n) is 5.65. The Balaban J connectivity index is 1.46. The Hall–Kier alpha value is -1.84. The van der Waals surface area contributed by atoms with Gasteiger partial charge in [0.1, 0.15) is 5.75 Å². The third-order valence-corrected chi connectivity index (χ3v) is 4.24. The van der Waals surface area contributed by atoms with Gasteiger partial charge in [0.2, 0.25) is 0 Å². The maximum atomic E-state index is 5.75. The number of nitrogens with two attached hydrogens (primary N) is 1. The molecule has 2 unspecified atom stereocenters. The van der Waals surface area contributed by atoms with E-state index in [-0.39, 0.29) is 0 Å². The molecule has 2 atom stereocenters. The Morgan fingerprint density at radius 2 is 1.86 bits per heavy atom. The largest absolute Gasteiger partial charge is 0.494 e. The summed E-state index contributed by atoms with van der Waals surface area (Å²) >= 11 is 0. The van der Waals surface area contributed by atoms with Gasteiger partial charge in [-0.3, -0.25) is 11.3 Å². The fourth-order valence-corrected chi connectivity index (χ4v) is 3.02. The highest BCUT2D eigenvalue weighted by Crippen LogP contribution is 2.38. The first kappa shape index (κ1) is 14.1. The number of rotatable bonds is 7. The first-order valence-electron chi connectivity index (χ1n) is 7.58. The minimum atomic E-state index is 0.298. The van der Waals surface area contributed by atoms with Gasteiger partial charge in [0.15, 0.2) is 0 Å². The minimum absolute atomic E-state index is 0.298. The topological polar surface area (TPSA) is 47.3 Å². The van der Waals surface area contributed by atoms with Gasteiger partial charge in [-0.15, -0.1) is 0 Å². The summed E-state index contributed by atoms with van der Waals surface area (Å²) in [4.78, 5) is 0. The van der Waals surface area contributed by atoms with Crippen molar-refractivity contribution in [3.8, 4) is 5.75 Å². The molecule has 2 aromatic rings. The van der Waals surface area contributed by atoms with Gasteiger partial charge in [-0.05, 0) is 48.4 Å². The Labute approximate surface area is 126 Å². The van der Waals surface area contributed by atoms with Gasteiger partial charge < -0.3 is 4.74 Å². The van der Waals surface area contributed by atoms with Crippen molar-refractivity contribution in [3.63, 3.8) is 0 Å². The molecule has 0 aliphatic heterocycles. The van der Waals surface area contributed by atoms with Gasteiger partial charge in [-0.1, -0.05) is 42.5 Å². The lowest BCUT2D eigenvalue weighted by Gasteiger charge is -2.32. The van der Waals surface area contributed by atoms with E-state index in [1.54, 1.807) is 0 Å². The molecule has 3 nitrogen and oxygen atoms in total. The van der Waals surface area contributed by atoms with Crippen LogP contribution in [0.25, 0.3) is 0 Å². The molecule has 0 spiro atoms. The zero-order valence-electron chi connectivity index (χ0n) is 12.2. The number of hydrogen-bond donors (Lipinski definition) is 2. The molecular formula is C18H22N2O. The normalized spacial score (nSPS) is 17.7. The van der Waals surface area contributed by atoms with Crippen LogP contribution in [0.15, 0.2) is 54.6 Å². The number of hydrazine groups is 1. The van der Waals surface area contributed by atoms with Gasteiger partial charge in [0.05, 0.1) is 6.61 Å². The fraction of sp³-hybridized carbons (Fsp3) is 0.333. The number of hydrogen-bond acceptors (Lipinski definition) is 3. The van der Waals surface area contributed by atoms with Crippen molar-refractivity contribution in [3.05, 3.63) is 65.7 Å². The van der Waals surface area contributed by atoms with Crippen LogP contribution in [-0.2, 0) is 6.42 Å². The molecule has 0 aromatic heterocycles. The quantitative estimate of drug-likeness (QED) is 0.606. The summed E-state index contributed by atoms with van der Waals surface area (Å²) in [5.41, 5.74) is 5.91. The predicted octanol–water partition coefficient (Wildman–Crippen LogP) is 3.02. The van der Waals surface area contributed by atoms with E-state index in [1.807, 2.05) is 30.3 Å². The van der Waals surface area contributed by atoms with Crippen LogP contribution in [0.5, 0.6) is 5.75 Å². The molecule has 3 heteroatoms. The van der Waals surface area contributed by atoms with Crippen LogP contribution in [-0.4, -0.2) is 12.6 Å². The predicted molar refractivity (Wildman–Crippen MR) is 85.2 cm³/mol. The second kappa shape index (κ2) is 6.74. The van der Waals surface area contributed by atoms with E-state index < -0.39 is 0 Å². The molecule has 3 rings (SSSR count). The van der Waals surface area contributed by atoms with Crippen molar-refractivity contribution in [1.82, 2.24) is 5.43 Å². The van der Waals surface area contributed by atoms with Crippen LogP contribution < -0.4 is 16.0 Å². The lowest BCUT2D eigenvalue weighted by Crippen LogP contribution is -2.39. The minimum Gasteiger partial charge on any atom is -0.494 e. The third-order valence-electron chi connectivity index (χ3n) is 4.24. The van der Waals surface area contributed by atoms with E-state index in [1.165, 1.54) is 17.5 Å². The Morgan fingerprint density at radius 3 is 2.62 bits per heavy atom. The molecule has 0 fully saturated rings. The summed E-state index contributed by atoms with van der Waals surface area (Å²) in [6.45, 7) is 0.688.